The molecule has 0 aliphatic rings. The van der Waals surface area contributed by atoms with E-state index in [2.05, 4.69) is 15.0 Å². The summed E-state index contributed by atoms with van der Waals surface area (Å²) >= 11 is 2.38. The molecule has 1 N–H and O–H groups in total. The SMILES string of the molecule is O=c1[nH]c(CSc2nc3ccccc3n2C(F)F)nc2scc(-c3ccc(F)cc3)c12. The van der Waals surface area contributed by atoms with E-state index in [9.17, 15) is 18.0 Å². The molecule has 156 valence electrons. The smallest absolute Gasteiger partial charge is 0.309 e. The molecule has 0 aliphatic carbocycles. The number of H-pyrrole nitrogens is 1. The maximum absolute atomic E-state index is 13.6. The number of thiophene rings is 1. The number of nitrogens with zero attached hydrogens (tertiary/aromatic N) is 3. The molecule has 3 heterocycles. The zero-order valence-corrected chi connectivity index (χ0v) is 17.3. The monoisotopic (exact) mass is 458 g/mol. The summed E-state index contributed by atoms with van der Waals surface area (Å²) in [6.45, 7) is -2.74. The van der Waals surface area contributed by atoms with Gasteiger partial charge in [0.15, 0.2) is 5.16 Å². The van der Waals surface area contributed by atoms with Crippen LogP contribution in [0.4, 0.5) is 13.2 Å². The largest absolute Gasteiger partial charge is 0.321 e. The van der Waals surface area contributed by atoms with E-state index in [0.29, 0.717) is 38.2 Å². The Balaban J connectivity index is 1.47. The Morgan fingerprint density at radius 2 is 1.87 bits per heavy atom. The minimum Gasteiger partial charge on any atom is -0.309 e. The zero-order chi connectivity index (χ0) is 21.5. The summed E-state index contributed by atoms with van der Waals surface area (Å²) < 4.78 is 41.3. The molecule has 10 heteroatoms. The van der Waals surface area contributed by atoms with Gasteiger partial charge in [-0.2, -0.15) is 8.78 Å². The van der Waals surface area contributed by atoms with Crippen molar-refractivity contribution in [2.45, 2.75) is 17.5 Å². The summed E-state index contributed by atoms with van der Waals surface area (Å²) in [6, 6.07) is 12.6. The second-order valence-corrected chi connectivity index (χ2v) is 8.47. The number of nitrogens with one attached hydrogen (secondary N) is 1. The lowest BCUT2D eigenvalue weighted by Crippen LogP contribution is -2.11. The van der Waals surface area contributed by atoms with Crippen LogP contribution in [0, 0.1) is 5.82 Å². The van der Waals surface area contributed by atoms with Gasteiger partial charge >= 0.3 is 6.55 Å². The van der Waals surface area contributed by atoms with Crippen LogP contribution in [0.1, 0.15) is 12.4 Å². The highest BCUT2D eigenvalue weighted by Crippen LogP contribution is 2.33. The number of benzene rings is 2. The molecule has 5 aromatic rings. The fraction of sp³-hybridized carbons (Fsp3) is 0.0952. The molecule has 0 spiro atoms. The fourth-order valence-corrected chi connectivity index (χ4v) is 5.20. The van der Waals surface area contributed by atoms with Crippen molar-refractivity contribution >= 4 is 44.3 Å². The Hall–Kier alpha value is -3.11. The van der Waals surface area contributed by atoms with Gasteiger partial charge < -0.3 is 4.98 Å². The quantitative estimate of drug-likeness (QED) is 0.337. The van der Waals surface area contributed by atoms with Crippen molar-refractivity contribution in [2.24, 2.45) is 0 Å². The lowest BCUT2D eigenvalue weighted by Gasteiger charge is -2.07. The second-order valence-electron chi connectivity index (χ2n) is 6.67. The molecule has 0 fully saturated rings. The molecule has 3 aromatic heterocycles. The van der Waals surface area contributed by atoms with Crippen molar-refractivity contribution in [2.75, 3.05) is 0 Å². The highest BCUT2D eigenvalue weighted by Gasteiger charge is 2.19. The number of fused-ring (bicyclic) bond motifs is 2. The van der Waals surface area contributed by atoms with Crippen molar-refractivity contribution < 1.29 is 13.2 Å². The van der Waals surface area contributed by atoms with Gasteiger partial charge in [0, 0.05) is 10.9 Å². The van der Waals surface area contributed by atoms with E-state index in [1.807, 2.05) is 0 Å². The Bertz CT molecular complexity index is 1460. The number of aromatic amines is 1. The number of aromatic nitrogens is 4. The number of halogens is 3. The minimum absolute atomic E-state index is 0.150. The van der Waals surface area contributed by atoms with E-state index in [4.69, 9.17) is 0 Å². The molecule has 0 unspecified atom stereocenters. The van der Waals surface area contributed by atoms with Crippen LogP contribution in [0.25, 0.3) is 32.4 Å². The first-order valence-electron chi connectivity index (χ1n) is 9.15. The Morgan fingerprint density at radius 3 is 2.65 bits per heavy atom. The summed E-state index contributed by atoms with van der Waals surface area (Å²) in [5.41, 5.74) is 1.88. The van der Waals surface area contributed by atoms with Crippen LogP contribution in [0.3, 0.4) is 0 Å². The number of imidazole rings is 1. The highest BCUT2D eigenvalue weighted by molar-refractivity contribution is 7.98. The molecule has 31 heavy (non-hydrogen) atoms. The molecule has 0 amide bonds. The van der Waals surface area contributed by atoms with Crippen molar-refractivity contribution in [1.82, 2.24) is 19.5 Å². The molecule has 5 rings (SSSR count). The molecule has 0 atom stereocenters. The number of hydrogen-bond donors (Lipinski definition) is 1. The van der Waals surface area contributed by atoms with E-state index in [-0.39, 0.29) is 22.3 Å². The minimum atomic E-state index is -2.74. The predicted octanol–water partition coefficient (Wildman–Crippen LogP) is 5.83. The number of thioether (sulfide) groups is 1. The third kappa shape index (κ3) is 3.61. The fourth-order valence-electron chi connectivity index (χ4n) is 3.35. The van der Waals surface area contributed by atoms with Gasteiger partial charge in [-0.3, -0.25) is 9.36 Å². The van der Waals surface area contributed by atoms with Crippen molar-refractivity contribution in [1.29, 1.82) is 0 Å². The zero-order valence-electron chi connectivity index (χ0n) is 15.7. The topological polar surface area (TPSA) is 63.6 Å². The first-order valence-corrected chi connectivity index (χ1v) is 11.0. The van der Waals surface area contributed by atoms with Gasteiger partial charge in [-0.15, -0.1) is 11.3 Å². The van der Waals surface area contributed by atoms with Crippen molar-refractivity contribution in [3.63, 3.8) is 0 Å². The highest BCUT2D eigenvalue weighted by atomic mass is 32.2. The average molecular weight is 458 g/mol. The lowest BCUT2D eigenvalue weighted by atomic mass is 10.1. The molecular formula is C21H13F3N4OS2. The van der Waals surface area contributed by atoms with Gasteiger partial charge in [0.05, 0.1) is 22.2 Å². The van der Waals surface area contributed by atoms with Crippen LogP contribution in [0.2, 0.25) is 0 Å². The normalized spacial score (nSPS) is 11.7. The van der Waals surface area contributed by atoms with Gasteiger partial charge in [-0.05, 0) is 29.8 Å². The molecule has 0 aliphatic heterocycles. The molecule has 0 saturated heterocycles. The third-order valence-corrected chi connectivity index (χ3v) is 6.58. The van der Waals surface area contributed by atoms with Gasteiger partial charge in [0.1, 0.15) is 16.5 Å². The molecule has 5 nitrogen and oxygen atoms in total. The Kier molecular flexibility index (Phi) is 5.03. The van der Waals surface area contributed by atoms with Gasteiger partial charge in [-0.1, -0.05) is 36.0 Å². The first kappa shape index (κ1) is 19.8. The van der Waals surface area contributed by atoms with Gasteiger partial charge in [0.25, 0.3) is 5.56 Å². The van der Waals surface area contributed by atoms with Crippen LogP contribution in [0.5, 0.6) is 0 Å². The van der Waals surface area contributed by atoms with Gasteiger partial charge in [0.2, 0.25) is 0 Å². The molecular weight excluding hydrogens is 445 g/mol. The number of alkyl halides is 2. The summed E-state index contributed by atoms with van der Waals surface area (Å²) in [5.74, 6) is 0.178. The summed E-state index contributed by atoms with van der Waals surface area (Å²) in [7, 11) is 0. The third-order valence-electron chi connectivity index (χ3n) is 4.74. The maximum Gasteiger partial charge on any atom is 0.321 e. The summed E-state index contributed by atoms with van der Waals surface area (Å²) in [6.07, 6.45) is 0. The lowest BCUT2D eigenvalue weighted by molar-refractivity contribution is 0.0656. The first-order chi connectivity index (χ1) is 15.0. The molecule has 0 radical (unpaired) electrons. The molecule has 0 bridgehead atoms. The maximum atomic E-state index is 13.6. The standard InChI is InChI=1S/C21H13F3N4OS2/c22-12-7-5-11(6-8-12)13-9-30-19-17(13)18(29)26-16(27-19)10-31-21-25-14-3-1-2-4-15(14)28(21)20(23)24/h1-9,20H,10H2,(H,26,27,29). The predicted molar refractivity (Wildman–Crippen MR) is 116 cm³/mol. The van der Waals surface area contributed by atoms with Crippen molar-refractivity contribution in [3.8, 4) is 11.1 Å². The summed E-state index contributed by atoms with van der Waals surface area (Å²) in [5, 5.41) is 2.37. The van der Waals surface area contributed by atoms with Crippen LogP contribution in [0.15, 0.2) is 63.9 Å². The molecule has 0 saturated carbocycles. The van der Waals surface area contributed by atoms with E-state index < -0.39 is 6.55 Å². The Labute approximate surface area is 181 Å². The van der Waals surface area contributed by atoms with Crippen LogP contribution in [-0.2, 0) is 5.75 Å². The Morgan fingerprint density at radius 1 is 1.10 bits per heavy atom. The number of para-hydroxylation sites is 2. The average Bonchev–Trinajstić information content (AvgIpc) is 3.34. The van der Waals surface area contributed by atoms with Crippen molar-refractivity contribution in [3.05, 3.63) is 75.9 Å². The number of hydrogen-bond acceptors (Lipinski definition) is 5. The van der Waals surface area contributed by atoms with E-state index >= 15 is 0 Å². The van der Waals surface area contributed by atoms with Crippen LogP contribution < -0.4 is 5.56 Å². The van der Waals surface area contributed by atoms with Gasteiger partial charge in [-0.25, -0.2) is 14.4 Å². The van der Waals surface area contributed by atoms with E-state index in [1.165, 1.54) is 23.5 Å². The second kappa shape index (κ2) is 7.86. The molecule has 2 aromatic carbocycles. The van der Waals surface area contributed by atoms with Crippen LogP contribution in [-0.4, -0.2) is 19.5 Å². The van der Waals surface area contributed by atoms with E-state index in [1.54, 1.807) is 41.8 Å². The van der Waals surface area contributed by atoms with E-state index in [0.717, 1.165) is 16.3 Å². The summed E-state index contributed by atoms with van der Waals surface area (Å²) in [4.78, 5) is 24.8. The number of rotatable bonds is 5. The van der Waals surface area contributed by atoms with Crippen LogP contribution >= 0.6 is 23.1 Å².